The fraction of sp³-hybridized carbons (Fsp3) is 0. The van der Waals surface area contributed by atoms with Crippen molar-refractivity contribution in [3.63, 3.8) is 0 Å². The van der Waals surface area contributed by atoms with Crippen LogP contribution in [-0.2, 0) is 0 Å². The number of nitrogens with zero attached hydrogens (tertiary/aromatic N) is 2. The highest BCUT2D eigenvalue weighted by atomic mass is 14.9. The molecule has 0 spiro atoms. The summed E-state index contributed by atoms with van der Waals surface area (Å²) in [4.78, 5) is 10.0. The molecule has 0 N–H and O–H groups in total. The zero-order valence-electron chi connectivity index (χ0n) is 17.4. The number of fused-ring (bicyclic) bond motifs is 2. The summed E-state index contributed by atoms with van der Waals surface area (Å²) in [6.45, 7) is 0. The predicted octanol–water partition coefficient (Wildman–Crippen LogP) is 7.78. The first-order chi connectivity index (χ1) is 15.9. The molecule has 0 fully saturated rings. The van der Waals surface area contributed by atoms with Crippen molar-refractivity contribution in [2.75, 3.05) is 0 Å². The number of aromatic nitrogens is 2. The van der Waals surface area contributed by atoms with Crippen LogP contribution in [0.15, 0.2) is 121 Å². The fourth-order valence-electron chi connectivity index (χ4n) is 4.34. The SMILES string of the molecule is c1ccc(-c2nc(-c3cccc4ccccc34)cc(-c3cccc4ccccc34)n2)cc1. The molecule has 1 aromatic heterocycles. The van der Waals surface area contributed by atoms with Gasteiger partial charge in [-0.05, 0) is 27.6 Å². The smallest absolute Gasteiger partial charge is 0.160 e. The van der Waals surface area contributed by atoms with Crippen LogP contribution < -0.4 is 0 Å². The van der Waals surface area contributed by atoms with E-state index in [0.717, 1.165) is 33.9 Å². The second-order valence-corrected chi connectivity index (χ2v) is 7.88. The highest BCUT2D eigenvalue weighted by Gasteiger charge is 2.13. The van der Waals surface area contributed by atoms with Gasteiger partial charge >= 0.3 is 0 Å². The van der Waals surface area contributed by atoms with E-state index in [-0.39, 0.29) is 0 Å². The minimum Gasteiger partial charge on any atom is -0.228 e. The molecule has 150 valence electrons. The minimum atomic E-state index is 0.735. The second kappa shape index (κ2) is 7.75. The summed E-state index contributed by atoms with van der Waals surface area (Å²) in [7, 11) is 0. The standard InChI is InChI=1S/C30H20N2/c1-2-12-23(13-3-1)30-31-28(26-18-8-14-21-10-4-6-16-24(21)26)20-29(32-30)27-19-9-15-22-11-5-7-17-25(22)27/h1-20H. The topological polar surface area (TPSA) is 25.8 Å². The maximum atomic E-state index is 5.02. The van der Waals surface area contributed by atoms with E-state index in [2.05, 4.69) is 103 Å². The van der Waals surface area contributed by atoms with Gasteiger partial charge in [-0.3, -0.25) is 0 Å². The summed E-state index contributed by atoms with van der Waals surface area (Å²) in [6, 6.07) is 42.0. The molecule has 0 aliphatic rings. The number of rotatable bonds is 3. The Morgan fingerprint density at radius 2 is 0.875 bits per heavy atom. The Kier molecular flexibility index (Phi) is 4.47. The van der Waals surface area contributed by atoms with E-state index >= 15 is 0 Å². The van der Waals surface area contributed by atoms with E-state index in [9.17, 15) is 0 Å². The van der Waals surface area contributed by atoms with Crippen LogP contribution in [0.4, 0.5) is 0 Å². The van der Waals surface area contributed by atoms with Gasteiger partial charge in [0.2, 0.25) is 0 Å². The molecule has 0 aliphatic heterocycles. The van der Waals surface area contributed by atoms with Crippen LogP contribution in [0.3, 0.4) is 0 Å². The van der Waals surface area contributed by atoms with Crippen molar-refractivity contribution >= 4 is 21.5 Å². The summed E-state index contributed by atoms with van der Waals surface area (Å²) in [5, 5.41) is 4.79. The van der Waals surface area contributed by atoms with Crippen LogP contribution in [0.1, 0.15) is 0 Å². The van der Waals surface area contributed by atoms with Crippen LogP contribution in [0.2, 0.25) is 0 Å². The predicted molar refractivity (Wildman–Crippen MR) is 133 cm³/mol. The van der Waals surface area contributed by atoms with E-state index in [1.807, 2.05) is 18.2 Å². The molecule has 0 bridgehead atoms. The van der Waals surface area contributed by atoms with Gasteiger partial charge in [-0.1, -0.05) is 115 Å². The van der Waals surface area contributed by atoms with Gasteiger partial charge in [0.25, 0.3) is 0 Å². The minimum absolute atomic E-state index is 0.735. The normalized spacial score (nSPS) is 11.1. The third kappa shape index (κ3) is 3.23. The molecule has 0 saturated carbocycles. The van der Waals surface area contributed by atoms with Crippen LogP contribution in [0.25, 0.3) is 55.4 Å². The van der Waals surface area contributed by atoms with Crippen LogP contribution in [0.5, 0.6) is 0 Å². The Morgan fingerprint density at radius 3 is 1.44 bits per heavy atom. The highest BCUT2D eigenvalue weighted by Crippen LogP contribution is 2.34. The molecule has 0 radical (unpaired) electrons. The third-order valence-electron chi connectivity index (χ3n) is 5.89. The monoisotopic (exact) mass is 408 g/mol. The Bertz CT molecular complexity index is 1460. The zero-order chi connectivity index (χ0) is 21.3. The summed E-state index contributed by atoms with van der Waals surface area (Å²) >= 11 is 0. The van der Waals surface area contributed by atoms with Crippen molar-refractivity contribution in [2.24, 2.45) is 0 Å². The number of hydrogen-bond donors (Lipinski definition) is 0. The maximum absolute atomic E-state index is 5.02. The molecular weight excluding hydrogens is 388 g/mol. The van der Waals surface area contributed by atoms with E-state index in [4.69, 9.17) is 9.97 Å². The Labute approximate surface area is 186 Å². The van der Waals surface area contributed by atoms with Crippen molar-refractivity contribution in [3.05, 3.63) is 121 Å². The van der Waals surface area contributed by atoms with Gasteiger partial charge in [-0.15, -0.1) is 0 Å². The molecule has 0 saturated heterocycles. The quantitative estimate of drug-likeness (QED) is 0.299. The van der Waals surface area contributed by atoms with Gasteiger partial charge < -0.3 is 0 Å². The molecule has 5 aromatic carbocycles. The molecule has 32 heavy (non-hydrogen) atoms. The van der Waals surface area contributed by atoms with Gasteiger partial charge in [-0.2, -0.15) is 0 Å². The lowest BCUT2D eigenvalue weighted by molar-refractivity contribution is 1.19. The maximum Gasteiger partial charge on any atom is 0.160 e. The third-order valence-corrected chi connectivity index (χ3v) is 5.89. The van der Waals surface area contributed by atoms with Gasteiger partial charge in [0.1, 0.15) is 0 Å². The van der Waals surface area contributed by atoms with E-state index in [1.165, 1.54) is 21.5 Å². The van der Waals surface area contributed by atoms with Gasteiger partial charge in [-0.25, -0.2) is 9.97 Å². The molecule has 0 atom stereocenters. The molecule has 0 unspecified atom stereocenters. The lowest BCUT2D eigenvalue weighted by Crippen LogP contribution is -1.96. The van der Waals surface area contributed by atoms with Gasteiger partial charge in [0, 0.05) is 16.7 Å². The number of hydrogen-bond acceptors (Lipinski definition) is 2. The Morgan fingerprint density at radius 1 is 0.406 bits per heavy atom. The lowest BCUT2D eigenvalue weighted by Gasteiger charge is -2.12. The largest absolute Gasteiger partial charge is 0.228 e. The van der Waals surface area contributed by atoms with Crippen molar-refractivity contribution in [1.29, 1.82) is 0 Å². The van der Waals surface area contributed by atoms with Crippen molar-refractivity contribution in [1.82, 2.24) is 9.97 Å². The van der Waals surface area contributed by atoms with Gasteiger partial charge in [0.05, 0.1) is 11.4 Å². The molecule has 6 rings (SSSR count). The summed E-state index contributed by atoms with van der Waals surface area (Å²) < 4.78 is 0. The Balaban J connectivity index is 1.65. The van der Waals surface area contributed by atoms with E-state index in [1.54, 1.807) is 0 Å². The molecule has 6 aromatic rings. The fourth-order valence-corrected chi connectivity index (χ4v) is 4.34. The average molecular weight is 409 g/mol. The molecule has 0 amide bonds. The van der Waals surface area contributed by atoms with Gasteiger partial charge in [0.15, 0.2) is 5.82 Å². The summed E-state index contributed by atoms with van der Waals surface area (Å²) in [6.07, 6.45) is 0. The lowest BCUT2D eigenvalue weighted by atomic mass is 9.98. The van der Waals surface area contributed by atoms with E-state index < -0.39 is 0 Å². The first-order valence-corrected chi connectivity index (χ1v) is 10.8. The van der Waals surface area contributed by atoms with Crippen molar-refractivity contribution < 1.29 is 0 Å². The van der Waals surface area contributed by atoms with Crippen LogP contribution in [0, 0.1) is 0 Å². The second-order valence-electron chi connectivity index (χ2n) is 7.88. The highest BCUT2D eigenvalue weighted by molar-refractivity contribution is 5.99. The average Bonchev–Trinajstić information content (AvgIpc) is 2.88. The van der Waals surface area contributed by atoms with Crippen LogP contribution >= 0.6 is 0 Å². The van der Waals surface area contributed by atoms with Crippen molar-refractivity contribution in [2.45, 2.75) is 0 Å². The molecular formula is C30H20N2. The first-order valence-electron chi connectivity index (χ1n) is 10.8. The van der Waals surface area contributed by atoms with E-state index in [0.29, 0.717) is 0 Å². The van der Waals surface area contributed by atoms with Crippen molar-refractivity contribution in [3.8, 4) is 33.9 Å². The molecule has 0 aliphatic carbocycles. The number of benzene rings is 5. The molecule has 2 nitrogen and oxygen atoms in total. The van der Waals surface area contributed by atoms with Crippen LogP contribution in [-0.4, -0.2) is 9.97 Å². The molecule has 2 heteroatoms. The molecule has 1 heterocycles. The zero-order valence-corrected chi connectivity index (χ0v) is 17.4. The summed E-state index contributed by atoms with van der Waals surface area (Å²) in [5.41, 5.74) is 5.10. The first kappa shape index (κ1) is 18.5. The Hall–Kier alpha value is -4.30. The summed E-state index contributed by atoms with van der Waals surface area (Å²) in [5.74, 6) is 0.735.